The quantitative estimate of drug-likeness (QED) is 0.238. The van der Waals surface area contributed by atoms with Gasteiger partial charge in [-0.15, -0.1) is 23.2 Å². The molecule has 0 saturated carbocycles. The number of halogens is 2. The Morgan fingerprint density at radius 3 is 1.43 bits per heavy atom. The zero-order chi connectivity index (χ0) is 17.2. The van der Waals surface area contributed by atoms with E-state index in [1.54, 1.807) is 0 Å². The fourth-order valence-corrected chi connectivity index (χ4v) is 1.21. The Balaban J connectivity index is 3.21. The Morgan fingerprint density at radius 1 is 0.652 bits per heavy atom. The Morgan fingerprint density at radius 2 is 1.04 bits per heavy atom. The highest BCUT2D eigenvalue weighted by atomic mass is 35.5. The lowest BCUT2D eigenvalue weighted by atomic mass is 10.4. The summed E-state index contributed by atoms with van der Waals surface area (Å²) >= 11 is 10.8. The average Bonchev–Trinajstić information content (AvgIpc) is 2.57. The molecule has 0 aromatic carbocycles. The van der Waals surface area contributed by atoms with E-state index in [1.807, 2.05) is 0 Å². The molecule has 0 radical (unpaired) electrons. The van der Waals surface area contributed by atoms with E-state index >= 15 is 0 Å². The fraction of sp³-hybridized carbons (Fsp3) is 0.714. The summed E-state index contributed by atoms with van der Waals surface area (Å²) < 4.78 is 25.3. The van der Waals surface area contributed by atoms with Gasteiger partial charge in [0.1, 0.15) is 63.7 Å². The van der Waals surface area contributed by atoms with Crippen LogP contribution in [0, 0.1) is 0 Å². The topological polar surface area (TPSA) is 86.6 Å². The van der Waals surface area contributed by atoms with Crippen LogP contribution >= 0.6 is 23.2 Å². The summed E-state index contributed by atoms with van der Waals surface area (Å²) in [5.41, 5.74) is 0. The number of hydrogen-bond acceptors (Lipinski definition) is 7. The molecule has 0 saturated heterocycles. The molecule has 0 spiro atoms. The molecule has 0 aliphatic carbocycles. The van der Waals surface area contributed by atoms with Crippen molar-refractivity contribution >= 4 is 23.2 Å². The monoisotopic (exact) mass is 374 g/mol. The maximum atomic E-state index is 9.09. The maximum Gasteiger partial charge on any atom is 0.117 e. The first-order valence-corrected chi connectivity index (χ1v) is 8.09. The van der Waals surface area contributed by atoms with Gasteiger partial charge < -0.3 is 33.9 Å². The molecule has 9 heteroatoms. The number of rotatable bonds is 16. The first-order valence-electron chi connectivity index (χ1n) is 7.03. The van der Waals surface area contributed by atoms with Crippen molar-refractivity contribution in [2.24, 2.45) is 0 Å². The molecule has 0 fully saturated rings. The predicted octanol–water partition coefficient (Wildman–Crippen LogP) is 1.21. The van der Waals surface area contributed by atoms with E-state index in [1.165, 1.54) is 25.0 Å². The molecule has 23 heavy (non-hydrogen) atoms. The van der Waals surface area contributed by atoms with Gasteiger partial charge in [-0.3, -0.25) is 0 Å². The summed E-state index contributed by atoms with van der Waals surface area (Å²) in [7, 11) is 0. The Labute approximate surface area is 146 Å². The van der Waals surface area contributed by atoms with Crippen LogP contribution in [-0.4, -0.2) is 73.8 Å². The minimum Gasteiger partial charge on any atom is -0.496 e. The highest BCUT2D eigenvalue weighted by Gasteiger charge is 1.99. The largest absolute Gasteiger partial charge is 0.496 e. The molecule has 2 atom stereocenters. The lowest BCUT2D eigenvalue weighted by Crippen LogP contribution is -2.14. The van der Waals surface area contributed by atoms with Crippen molar-refractivity contribution in [3.05, 3.63) is 25.0 Å². The van der Waals surface area contributed by atoms with Gasteiger partial charge in [0.2, 0.25) is 0 Å². The Kier molecular flexibility index (Phi) is 16.8. The van der Waals surface area contributed by atoms with Crippen molar-refractivity contribution in [3.8, 4) is 0 Å². The normalized spacial score (nSPS) is 14.1. The van der Waals surface area contributed by atoms with E-state index in [-0.39, 0.29) is 25.0 Å². The van der Waals surface area contributed by atoms with E-state index < -0.39 is 12.2 Å². The van der Waals surface area contributed by atoms with Gasteiger partial charge in [-0.25, -0.2) is 0 Å². The third-order valence-corrected chi connectivity index (χ3v) is 2.83. The van der Waals surface area contributed by atoms with Crippen LogP contribution in [0.15, 0.2) is 25.0 Å². The summed E-state index contributed by atoms with van der Waals surface area (Å²) in [6, 6.07) is 0. The molecule has 0 rings (SSSR count). The molecule has 0 bridgehead atoms. The van der Waals surface area contributed by atoms with Crippen LogP contribution in [0.3, 0.4) is 0 Å². The van der Waals surface area contributed by atoms with Gasteiger partial charge >= 0.3 is 0 Å². The molecular weight excluding hydrogens is 351 g/mol. The molecular formula is C14H24Cl2O7. The molecule has 0 aliphatic heterocycles. The second kappa shape index (κ2) is 17.5. The molecule has 0 aromatic heterocycles. The number of alkyl halides is 2. The summed E-state index contributed by atoms with van der Waals surface area (Å²) in [5, 5.41) is 18.2. The lowest BCUT2D eigenvalue weighted by Gasteiger charge is -2.06. The molecule has 0 aliphatic rings. The molecule has 7 nitrogen and oxygen atoms in total. The maximum absolute atomic E-state index is 9.09. The zero-order valence-electron chi connectivity index (χ0n) is 12.8. The first kappa shape index (κ1) is 22.1. The number of ether oxygens (including phenoxy) is 5. The summed E-state index contributed by atoms with van der Waals surface area (Å²) in [6.07, 6.45) is 4.05. The van der Waals surface area contributed by atoms with Crippen molar-refractivity contribution < 1.29 is 33.9 Å². The number of aliphatic hydroxyl groups excluding tert-OH is 2. The predicted molar refractivity (Wildman–Crippen MR) is 86.4 cm³/mol. The van der Waals surface area contributed by atoms with Crippen molar-refractivity contribution in [1.82, 2.24) is 0 Å². The van der Waals surface area contributed by atoms with Gasteiger partial charge in [0.15, 0.2) is 0 Å². The molecule has 0 heterocycles. The second-order valence-corrected chi connectivity index (χ2v) is 4.80. The van der Waals surface area contributed by atoms with E-state index in [0.29, 0.717) is 26.4 Å². The van der Waals surface area contributed by atoms with Gasteiger partial charge in [0.25, 0.3) is 0 Å². The van der Waals surface area contributed by atoms with Crippen LogP contribution in [0.5, 0.6) is 0 Å². The summed E-state index contributed by atoms with van der Waals surface area (Å²) in [4.78, 5) is 0. The Bertz CT molecular complexity index is 275. The van der Waals surface area contributed by atoms with Crippen molar-refractivity contribution in [3.63, 3.8) is 0 Å². The first-order chi connectivity index (χ1) is 11.2. The van der Waals surface area contributed by atoms with Crippen LogP contribution in [-0.2, 0) is 23.7 Å². The minimum absolute atomic E-state index is 0.124. The van der Waals surface area contributed by atoms with Crippen LogP contribution in [0.1, 0.15) is 0 Å². The Hall–Kier alpha value is -0.860. The third-order valence-electron chi connectivity index (χ3n) is 2.12. The van der Waals surface area contributed by atoms with Crippen LogP contribution < -0.4 is 0 Å². The van der Waals surface area contributed by atoms with Gasteiger partial charge in [0, 0.05) is 0 Å². The van der Waals surface area contributed by atoms with E-state index in [4.69, 9.17) is 57.1 Å². The lowest BCUT2D eigenvalue weighted by molar-refractivity contribution is 0.0498. The smallest absolute Gasteiger partial charge is 0.117 e. The molecule has 136 valence electrons. The van der Waals surface area contributed by atoms with Gasteiger partial charge in [-0.1, -0.05) is 0 Å². The number of hydrogen-bond donors (Lipinski definition) is 2. The molecule has 0 aromatic rings. The fourth-order valence-electron chi connectivity index (χ4n) is 1.03. The third kappa shape index (κ3) is 17.3. The number of aliphatic hydroxyl groups is 2. The highest BCUT2D eigenvalue weighted by Crippen LogP contribution is 1.91. The van der Waals surface area contributed by atoms with Gasteiger partial charge in [0.05, 0.1) is 25.0 Å². The SMILES string of the molecule is OC(CCl)COC=COCCOCCOC=COCC(O)CCl. The molecule has 2 unspecified atom stereocenters. The van der Waals surface area contributed by atoms with Crippen LogP contribution in [0.25, 0.3) is 0 Å². The minimum atomic E-state index is -0.686. The van der Waals surface area contributed by atoms with Crippen molar-refractivity contribution in [1.29, 1.82) is 0 Å². The van der Waals surface area contributed by atoms with Gasteiger partial charge in [-0.2, -0.15) is 0 Å². The average molecular weight is 375 g/mol. The zero-order valence-corrected chi connectivity index (χ0v) is 14.3. The molecule has 2 N–H and O–H groups in total. The van der Waals surface area contributed by atoms with Crippen LogP contribution in [0.4, 0.5) is 0 Å². The van der Waals surface area contributed by atoms with Crippen molar-refractivity contribution in [2.45, 2.75) is 12.2 Å². The standard InChI is InChI=1S/C14H24Cl2O7/c15-9-13(17)11-22-7-5-20-3-1-19-2-4-21-6-8-23-12-14(18)10-16/h5-8,13-14,17-18H,1-4,9-12H2. The second-order valence-electron chi connectivity index (χ2n) is 4.18. The van der Waals surface area contributed by atoms with E-state index in [0.717, 1.165) is 0 Å². The van der Waals surface area contributed by atoms with Crippen molar-refractivity contribution in [2.75, 3.05) is 51.4 Å². The summed E-state index contributed by atoms with van der Waals surface area (Å²) in [6.45, 7) is 1.79. The van der Waals surface area contributed by atoms with Crippen LogP contribution in [0.2, 0.25) is 0 Å². The van der Waals surface area contributed by atoms with Gasteiger partial charge in [-0.05, 0) is 0 Å². The summed E-state index contributed by atoms with van der Waals surface area (Å²) in [5.74, 6) is 0.253. The van der Waals surface area contributed by atoms with E-state index in [2.05, 4.69) is 0 Å². The molecule has 0 amide bonds. The van der Waals surface area contributed by atoms with E-state index in [9.17, 15) is 0 Å². The highest BCUT2D eigenvalue weighted by molar-refractivity contribution is 6.18.